The molecule has 0 aromatic heterocycles. The minimum atomic E-state index is -0.179. The monoisotopic (exact) mass is 327 g/mol. The zero-order valence-corrected chi connectivity index (χ0v) is 13.5. The lowest BCUT2D eigenvalue weighted by molar-refractivity contribution is 0.103. The fourth-order valence-electron chi connectivity index (χ4n) is 3.25. The smallest absolute Gasteiger partial charge is 0.209 e. The normalized spacial score (nSPS) is 16.1. The van der Waals surface area contributed by atoms with Crippen LogP contribution in [0.25, 0.3) is 0 Å². The molecule has 0 fully saturated rings. The molecule has 0 saturated carbocycles. The third-order valence-electron chi connectivity index (χ3n) is 4.43. The van der Waals surface area contributed by atoms with Crippen molar-refractivity contribution in [2.24, 2.45) is 0 Å². The highest BCUT2D eigenvalue weighted by molar-refractivity contribution is 6.13. The summed E-state index contributed by atoms with van der Waals surface area (Å²) in [6.07, 6.45) is 1.90. The molecule has 3 heteroatoms. The van der Waals surface area contributed by atoms with Gasteiger partial charge in [-0.05, 0) is 29.8 Å². The summed E-state index contributed by atoms with van der Waals surface area (Å²) >= 11 is 0. The molecule has 4 rings (SSSR count). The Hall–Kier alpha value is -3.33. The maximum absolute atomic E-state index is 12.9. The van der Waals surface area contributed by atoms with E-state index in [0.29, 0.717) is 16.8 Å². The van der Waals surface area contributed by atoms with E-state index >= 15 is 0 Å². The Morgan fingerprint density at radius 1 is 0.800 bits per heavy atom. The topological polar surface area (TPSA) is 49.3 Å². The van der Waals surface area contributed by atoms with Crippen molar-refractivity contribution in [3.8, 4) is 5.75 Å². The van der Waals surface area contributed by atoms with Gasteiger partial charge in [0.2, 0.25) is 5.78 Å². The summed E-state index contributed by atoms with van der Waals surface area (Å²) < 4.78 is 0. The molecule has 0 spiro atoms. The zero-order valence-electron chi connectivity index (χ0n) is 13.5. The SMILES string of the molecule is O=C1C(Nc2ccccc2)=CC(c2ccccc2)c2c(O)cccc21. The van der Waals surface area contributed by atoms with Crippen LogP contribution in [0.1, 0.15) is 27.4 Å². The van der Waals surface area contributed by atoms with Crippen LogP contribution >= 0.6 is 0 Å². The van der Waals surface area contributed by atoms with Crippen molar-refractivity contribution in [3.63, 3.8) is 0 Å². The van der Waals surface area contributed by atoms with E-state index in [0.717, 1.165) is 11.3 Å². The number of hydrogen-bond donors (Lipinski definition) is 2. The number of aromatic hydroxyl groups is 1. The average molecular weight is 327 g/mol. The van der Waals surface area contributed by atoms with Gasteiger partial charge < -0.3 is 10.4 Å². The van der Waals surface area contributed by atoms with Gasteiger partial charge in [0.05, 0.1) is 5.70 Å². The van der Waals surface area contributed by atoms with E-state index in [-0.39, 0.29) is 17.5 Å². The minimum absolute atomic E-state index is 0.109. The van der Waals surface area contributed by atoms with Gasteiger partial charge in [0.15, 0.2) is 0 Å². The lowest BCUT2D eigenvalue weighted by atomic mass is 9.81. The van der Waals surface area contributed by atoms with Crippen LogP contribution in [-0.2, 0) is 0 Å². The van der Waals surface area contributed by atoms with Crippen molar-refractivity contribution < 1.29 is 9.90 Å². The number of allylic oxidation sites excluding steroid dienone is 2. The Balaban J connectivity index is 1.84. The fraction of sp³-hybridized carbons (Fsp3) is 0.0455. The third-order valence-corrected chi connectivity index (χ3v) is 4.43. The van der Waals surface area contributed by atoms with Gasteiger partial charge in [-0.2, -0.15) is 0 Å². The maximum Gasteiger partial charge on any atom is 0.209 e. The average Bonchev–Trinajstić information content (AvgIpc) is 2.66. The maximum atomic E-state index is 12.9. The first-order chi connectivity index (χ1) is 12.2. The van der Waals surface area contributed by atoms with Crippen LogP contribution in [0, 0.1) is 0 Å². The number of ketones is 1. The van der Waals surface area contributed by atoms with Crippen molar-refractivity contribution in [3.05, 3.63) is 107 Å². The summed E-state index contributed by atoms with van der Waals surface area (Å²) in [5.41, 5.74) is 3.62. The van der Waals surface area contributed by atoms with Gasteiger partial charge in [-0.15, -0.1) is 0 Å². The molecule has 1 aliphatic rings. The first-order valence-corrected chi connectivity index (χ1v) is 8.19. The van der Waals surface area contributed by atoms with Gasteiger partial charge in [-0.1, -0.05) is 60.7 Å². The Labute approximate surface area is 146 Å². The number of anilines is 1. The van der Waals surface area contributed by atoms with Crippen molar-refractivity contribution in [2.75, 3.05) is 5.32 Å². The number of phenolic OH excluding ortho intramolecular Hbond substituents is 1. The molecule has 0 heterocycles. The van der Waals surface area contributed by atoms with E-state index in [9.17, 15) is 9.90 Å². The van der Waals surface area contributed by atoms with Crippen LogP contribution in [-0.4, -0.2) is 10.9 Å². The number of Topliss-reactive ketones (excluding diaryl/α,β-unsaturated/α-hetero) is 1. The van der Waals surface area contributed by atoms with Crippen molar-refractivity contribution in [2.45, 2.75) is 5.92 Å². The highest BCUT2D eigenvalue weighted by atomic mass is 16.3. The number of benzene rings is 3. The predicted molar refractivity (Wildman–Crippen MR) is 98.9 cm³/mol. The van der Waals surface area contributed by atoms with Gasteiger partial charge >= 0.3 is 0 Å². The molecular formula is C22H17NO2. The van der Waals surface area contributed by atoms with E-state index in [1.54, 1.807) is 18.2 Å². The highest BCUT2D eigenvalue weighted by Crippen LogP contribution is 2.40. The van der Waals surface area contributed by atoms with Gasteiger partial charge in [-0.25, -0.2) is 0 Å². The molecule has 1 unspecified atom stereocenters. The minimum Gasteiger partial charge on any atom is -0.508 e. The number of para-hydroxylation sites is 1. The van der Waals surface area contributed by atoms with Crippen LogP contribution in [0.2, 0.25) is 0 Å². The van der Waals surface area contributed by atoms with E-state index in [1.807, 2.05) is 66.7 Å². The summed E-state index contributed by atoms with van der Waals surface area (Å²) in [5, 5.41) is 13.6. The van der Waals surface area contributed by atoms with E-state index in [2.05, 4.69) is 5.32 Å². The largest absolute Gasteiger partial charge is 0.508 e. The van der Waals surface area contributed by atoms with Crippen molar-refractivity contribution >= 4 is 11.5 Å². The number of fused-ring (bicyclic) bond motifs is 1. The molecular weight excluding hydrogens is 310 g/mol. The molecule has 3 nitrogen and oxygen atoms in total. The number of nitrogens with one attached hydrogen (secondary N) is 1. The number of phenols is 1. The standard InChI is InChI=1S/C22H17NO2/c24-20-13-7-12-17-21(20)18(15-8-3-1-4-9-15)14-19(22(17)25)23-16-10-5-2-6-11-16/h1-14,18,23-24H. The number of rotatable bonds is 3. The summed E-state index contributed by atoms with van der Waals surface area (Å²) in [5.74, 6) is -0.141. The predicted octanol–water partition coefficient (Wildman–Crippen LogP) is 4.72. The summed E-state index contributed by atoms with van der Waals surface area (Å²) in [6, 6.07) is 24.6. The molecule has 25 heavy (non-hydrogen) atoms. The van der Waals surface area contributed by atoms with Crippen LogP contribution in [0.5, 0.6) is 5.75 Å². The Kier molecular flexibility index (Phi) is 3.82. The summed E-state index contributed by atoms with van der Waals surface area (Å²) in [7, 11) is 0. The highest BCUT2D eigenvalue weighted by Gasteiger charge is 2.30. The van der Waals surface area contributed by atoms with Crippen LogP contribution in [0.15, 0.2) is 90.6 Å². The molecule has 1 aliphatic carbocycles. The number of carbonyl (C=O) groups excluding carboxylic acids is 1. The quantitative estimate of drug-likeness (QED) is 0.732. The van der Waals surface area contributed by atoms with Gasteiger partial charge in [0, 0.05) is 22.7 Å². The molecule has 0 amide bonds. The lowest BCUT2D eigenvalue weighted by Crippen LogP contribution is -2.21. The molecule has 2 N–H and O–H groups in total. The van der Waals surface area contributed by atoms with Crippen LogP contribution in [0.4, 0.5) is 5.69 Å². The number of hydrogen-bond acceptors (Lipinski definition) is 3. The van der Waals surface area contributed by atoms with Crippen LogP contribution in [0.3, 0.4) is 0 Å². The Bertz CT molecular complexity index is 946. The fourth-order valence-corrected chi connectivity index (χ4v) is 3.25. The Morgan fingerprint density at radius 3 is 2.20 bits per heavy atom. The molecule has 0 aliphatic heterocycles. The third kappa shape index (κ3) is 2.81. The summed E-state index contributed by atoms with van der Waals surface area (Å²) in [6.45, 7) is 0. The first kappa shape index (κ1) is 15.2. The van der Waals surface area contributed by atoms with Crippen molar-refractivity contribution in [1.29, 1.82) is 0 Å². The van der Waals surface area contributed by atoms with Gasteiger partial charge in [0.1, 0.15) is 5.75 Å². The van der Waals surface area contributed by atoms with E-state index < -0.39 is 0 Å². The molecule has 3 aromatic rings. The molecule has 0 radical (unpaired) electrons. The van der Waals surface area contributed by atoms with E-state index in [4.69, 9.17) is 0 Å². The lowest BCUT2D eigenvalue weighted by Gasteiger charge is -2.25. The van der Waals surface area contributed by atoms with Crippen molar-refractivity contribution in [1.82, 2.24) is 0 Å². The van der Waals surface area contributed by atoms with Crippen LogP contribution < -0.4 is 5.32 Å². The molecule has 1 atom stereocenters. The van der Waals surface area contributed by atoms with E-state index in [1.165, 1.54) is 0 Å². The molecule has 0 saturated heterocycles. The van der Waals surface area contributed by atoms with Gasteiger partial charge in [-0.3, -0.25) is 4.79 Å². The second-order valence-corrected chi connectivity index (χ2v) is 6.03. The molecule has 3 aromatic carbocycles. The molecule has 122 valence electrons. The Morgan fingerprint density at radius 2 is 1.48 bits per heavy atom. The molecule has 0 bridgehead atoms. The van der Waals surface area contributed by atoms with Gasteiger partial charge in [0.25, 0.3) is 0 Å². The second-order valence-electron chi connectivity index (χ2n) is 6.03. The summed E-state index contributed by atoms with van der Waals surface area (Å²) in [4.78, 5) is 12.9. The zero-order chi connectivity index (χ0) is 17.2. The number of carbonyl (C=O) groups is 1. The first-order valence-electron chi connectivity index (χ1n) is 8.19. The second kappa shape index (κ2) is 6.29.